The molecule has 2 N–H and O–H groups in total. The van der Waals surface area contributed by atoms with Gasteiger partial charge >= 0.3 is 5.97 Å². The number of benzene rings is 1. The van der Waals surface area contributed by atoms with Gasteiger partial charge in [-0.25, -0.2) is 4.79 Å². The van der Waals surface area contributed by atoms with Gasteiger partial charge in [-0.2, -0.15) is 0 Å². The quantitative estimate of drug-likeness (QED) is 0.644. The Morgan fingerprint density at radius 3 is 2.90 bits per heavy atom. The number of ether oxygens (including phenoxy) is 2. The number of nitrogens with zero attached hydrogens (tertiary/aromatic N) is 1. The van der Waals surface area contributed by atoms with Crippen molar-refractivity contribution in [2.45, 2.75) is 32.8 Å². The molecule has 2 rings (SSSR count). The average molecular weight is 292 g/mol. The Labute approximate surface area is 126 Å². The normalized spacial score (nSPS) is 17.7. The molecule has 5 nitrogen and oxygen atoms in total. The molecule has 1 aliphatic heterocycles. The van der Waals surface area contributed by atoms with Crippen LogP contribution in [0, 0.1) is 0 Å². The standard InChI is InChI=1S/C16H24N2O3/c1-3-18(11-12-7-6-10-21-12)15-13(16(19)20-4-2)8-5-9-14(15)17/h5,8-9,12H,3-4,6-7,10-11,17H2,1-2H3. The summed E-state index contributed by atoms with van der Waals surface area (Å²) in [4.78, 5) is 14.2. The molecule has 0 aliphatic carbocycles. The van der Waals surface area contributed by atoms with Crippen LogP contribution < -0.4 is 10.6 Å². The van der Waals surface area contributed by atoms with Crippen LogP contribution in [0.15, 0.2) is 18.2 Å². The molecule has 21 heavy (non-hydrogen) atoms. The van der Waals surface area contributed by atoms with Crippen molar-refractivity contribution in [2.24, 2.45) is 0 Å². The molecule has 1 atom stereocenters. The van der Waals surface area contributed by atoms with Crippen LogP contribution in [0.2, 0.25) is 0 Å². The molecule has 0 amide bonds. The Balaban J connectivity index is 2.27. The number of carbonyl (C=O) groups excluding carboxylic acids is 1. The number of nitrogen functional groups attached to an aromatic ring is 1. The molecule has 1 fully saturated rings. The van der Waals surface area contributed by atoms with Gasteiger partial charge in [0.25, 0.3) is 0 Å². The summed E-state index contributed by atoms with van der Waals surface area (Å²) >= 11 is 0. The van der Waals surface area contributed by atoms with Crippen LogP contribution in [0.3, 0.4) is 0 Å². The van der Waals surface area contributed by atoms with Crippen molar-refractivity contribution in [1.29, 1.82) is 0 Å². The van der Waals surface area contributed by atoms with E-state index < -0.39 is 0 Å². The first-order valence-electron chi connectivity index (χ1n) is 7.59. The third-order valence-corrected chi connectivity index (χ3v) is 3.71. The molecular weight excluding hydrogens is 268 g/mol. The first kappa shape index (κ1) is 15.6. The molecule has 1 aromatic rings. The molecule has 0 saturated carbocycles. The van der Waals surface area contributed by atoms with E-state index in [9.17, 15) is 4.79 Å². The number of anilines is 2. The van der Waals surface area contributed by atoms with Gasteiger partial charge in [0.15, 0.2) is 0 Å². The third-order valence-electron chi connectivity index (χ3n) is 3.71. The Hall–Kier alpha value is -1.75. The summed E-state index contributed by atoms with van der Waals surface area (Å²) < 4.78 is 10.8. The molecule has 1 aliphatic rings. The molecule has 1 heterocycles. The average Bonchev–Trinajstić information content (AvgIpc) is 2.98. The SMILES string of the molecule is CCOC(=O)c1cccc(N)c1N(CC)CC1CCCO1. The zero-order valence-electron chi connectivity index (χ0n) is 12.8. The second-order valence-corrected chi connectivity index (χ2v) is 5.14. The van der Waals surface area contributed by atoms with Crippen molar-refractivity contribution in [3.8, 4) is 0 Å². The van der Waals surface area contributed by atoms with Crippen molar-refractivity contribution in [3.63, 3.8) is 0 Å². The highest BCUT2D eigenvalue weighted by Gasteiger charge is 2.24. The van der Waals surface area contributed by atoms with Gasteiger partial charge in [0, 0.05) is 19.7 Å². The van der Waals surface area contributed by atoms with E-state index in [1.54, 1.807) is 19.1 Å². The van der Waals surface area contributed by atoms with Crippen molar-refractivity contribution in [3.05, 3.63) is 23.8 Å². The van der Waals surface area contributed by atoms with Gasteiger partial charge in [-0.15, -0.1) is 0 Å². The molecule has 0 radical (unpaired) electrons. The first-order valence-corrected chi connectivity index (χ1v) is 7.59. The summed E-state index contributed by atoms with van der Waals surface area (Å²) in [6.07, 6.45) is 2.36. The van der Waals surface area contributed by atoms with Crippen LogP contribution >= 0.6 is 0 Å². The number of nitrogens with two attached hydrogens (primary N) is 1. The summed E-state index contributed by atoms with van der Waals surface area (Å²) in [5.41, 5.74) is 8.00. The van der Waals surface area contributed by atoms with Gasteiger partial charge in [-0.3, -0.25) is 0 Å². The van der Waals surface area contributed by atoms with E-state index in [2.05, 4.69) is 11.8 Å². The van der Waals surface area contributed by atoms with E-state index >= 15 is 0 Å². The summed E-state index contributed by atoms with van der Waals surface area (Å²) in [6, 6.07) is 5.36. The first-order chi connectivity index (χ1) is 10.2. The zero-order chi connectivity index (χ0) is 15.2. The predicted octanol–water partition coefficient (Wildman–Crippen LogP) is 2.45. The molecular formula is C16H24N2O3. The van der Waals surface area contributed by atoms with Crippen molar-refractivity contribution < 1.29 is 14.3 Å². The zero-order valence-corrected chi connectivity index (χ0v) is 12.8. The lowest BCUT2D eigenvalue weighted by Crippen LogP contribution is -2.33. The van der Waals surface area contributed by atoms with Gasteiger partial charge in [-0.05, 0) is 38.8 Å². The van der Waals surface area contributed by atoms with Crippen molar-refractivity contribution in [1.82, 2.24) is 0 Å². The molecule has 1 aromatic carbocycles. The van der Waals surface area contributed by atoms with Crippen LogP contribution in [-0.4, -0.2) is 38.4 Å². The number of hydrogen-bond acceptors (Lipinski definition) is 5. The van der Waals surface area contributed by atoms with Crippen molar-refractivity contribution in [2.75, 3.05) is 36.9 Å². The van der Waals surface area contributed by atoms with Crippen LogP contribution in [0.25, 0.3) is 0 Å². The largest absolute Gasteiger partial charge is 0.462 e. The lowest BCUT2D eigenvalue weighted by molar-refractivity contribution is 0.0526. The van der Waals surface area contributed by atoms with Crippen molar-refractivity contribution >= 4 is 17.3 Å². The second kappa shape index (κ2) is 7.31. The van der Waals surface area contributed by atoms with Crippen LogP contribution in [-0.2, 0) is 9.47 Å². The number of likely N-dealkylation sites (N-methyl/N-ethyl adjacent to an activating group) is 1. The number of rotatable bonds is 6. The Kier molecular flexibility index (Phi) is 5.44. The third kappa shape index (κ3) is 3.67. The minimum atomic E-state index is -0.328. The van der Waals surface area contributed by atoms with Gasteiger partial charge < -0.3 is 20.1 Å². The minimum absolute atomic E-state index is 0.208. The summed E-state index contributed by atoms with van der Waals surface area (Å²) in [6.45, 7) is 6.53. The number of hydrogen-bond donors (Lipinski definition) is 1. The molecule has 5 heteroatoms. The predicted molar refractivity (Wildman–Crippen MR) is 83.7 cm³/mol. The molecule has 0 spiro atoms. The van der Waals surface area contributed by atoms with E-state index in [4.69, 9.17) is 15.2 Å². The maximum absolute atomic E-state index is 12.1. The molecule has 116 valence electrons. The highest BCUT2D eigenvalue weighted by Crippen LogP contribution is 2.30. The summed E-state index contributed by atoms with van der Waals surface area (Å²) in [5, 5.41) is 0. The fourth-order valence-electron chi connectivity index (χ4n) is 2.70. The van der Waals surface area contributed by atoms with E-state index in [-0.39, 0.29) is 12.1 Å². The Morgan fingerprint density at radius 2 is 2.29 bits per heavy atom. The molecule has 0 bridgehead atoms. The highest BCUT2D eigenvalue weighted by molar-refractivity contribution is 5.99. The van der Waals surface area contributed by atoms with Crippen LogP contribution in [0.4, 0.5) is 11.4 Å². The smallest absolute Gasteiger partial charge is 0.340 e. The van der Waals surface area contributed by atoms with E-state index in [0.29, 0.717) is 17.9 Å². The van der Waals surface area contributed by atoms with E-state index in [1.807, 2.05) is 6.07 Å². The Morgan fingerprint density at radius 1 is 1.48 bits per heavy atom. The number of carbonyl (C=O) groups is 1. The minimum Gasteiger partial charge on any atom is -0.462 e. The number of para-hydroxylation sites is 1. The topological polar surface area (TPSA) is 64.8 Å². The van der Waals surface area contributed by atoms with Gasteiger partial charge in [0.05, 0.1) is 29.6 Å². The van der Waals surface area contributed by atoms with E-state index in [1.165, 1.54) is 0 Å². The van der Waals surface area contributed by atoms with E-state index in [0.717, 1.165) is 38.2 Å². The molecule has 0 aromatic heterocycles. The monoisotopic (exact) mass is 292 g/mol. The lowest BCUT2D eigenvalue weighted by Gasteiger charge is -2.28. The van der Waals surface area contributed by atoms with Gasteiger partial charge in [-0.1, -0.05) is 6.07 Å². The van der Waals surface area contributed by atoms with Gasteiger partial charge in [0.2, 0.25) is 0 Å². The summed E-state index contributed by atoms with van der Waals surface area (Å²) in [5.74, 6) is -0.328. The lowest BCUT2D eigenvalue weighted by atomic mass is 10.1. The highest BCUT2D eigenvalue weighted by atomic mass is 16.5. The Bertz CT molecular complexity index is 484. The maximum Gasteiger partial charge on any atom is 0.340 e. The fourth-order valence-corrected chi connectivity index (χ4v) is 2.70. The fraction of sp³-hybridized carbons (Fsp3) is 0.562. The molecule has 1 unspecified atom stereocenters. The maximum atomic E-state index is 12.1. The summed E-state index contributed by atoms with van der Waals surface area (Å²) in [7, 11) is 0. The molecule has 1 saturated heterocycles. The van der Waals surface area contributed by atoms with Crippen LogP contribution in [0.1, 0.15) is 37.0 Å². The van der Waals surface area contributed by atoms with Crippen LogP contribution in [0.5, 0.6) is 0 Å². The van der Waals surface area contributed by atoms with Gasteiger partial charge in [0.1, 0.15) is 0 Å². The number of esters is 1. The second-order valence-electron chi connectivity index (χ2n) is 5.14.